The minimum Gasteiger partial charge on any atom is -0.493 e. The van der Waals surface area contributed by atoms with Gasteiger partial charge in [-0.25, -0.2) is 0 Å². The van der Waals surface area contributed by atoms with Crippen LogP contribution in [-0.4, -0.2) is 31.6 Å². The summed E-state index contributed by atoms with van der Waals surface area (Å²) in [6.07, 6.45) is 5.82. The summed E-state index contributed by atoms with van der Waals surface area (Å²) in [6, 6.07) is 14.8. The first-order valence-corrected chi connectivity index (χ1v) is 12.1. The van der Waals surface area contributed by atoms with Crippen molar-refractivity contribution in [1.29, 1.82) is 0 Å². The molecular formula is C29H33N3O2. The average Bonchev–Trinajstić information content (AvgIpc) is 2.82. The number of nitrogens with zero attached hydrogens (tertiary/aromatic N) is 2. The normalized spacial score (nSPS) is 19.5. The molecule has 0 fully saturated rings. The minimum absolute atomic E-state index is 0.248. The smallest absolute Gasteiger partial charge is 0.252 e. The Morgan fingerprint density at radius 2 is 1.94 bits per heavy atom. The Balaban J connectivity index is 1.76. The third kappa shape index (κ3) is 3.83. The molecule has 5 rings (SSSR count). The number of nitrogens with two attached hydrogens (primary N) is 1. The van der Waals surface area contributed by atoms with Gasteiger partial charge in [-0.3, -0.25) is 9.78 Å². The lowest BCUT2D eigenvalue weighted by Crippen LogP contribution is -2.24. The van der Waals surface area contributed by atoms with Gasteiger partial charge < -0.3 is 15.4 Å². The molecule has 0 bridgehead atoms. The first-order valence-electron chi connectivity index (χ1n) is 12.1. The number of rotatable bonds is 4. The van der Waals surface area contributed by atoms with E-state index >= 15 is 0 Å². The number of allylic oxidation sites excluding steroid dienone is 2. The van der Waals surface area contributed by atoms with Crippen molar-refractivity contribution in [3.63, 3.8) is 0 Å². The van der Waals surface area contributed by atoms with Gasteiger partial charge >= 0.3 is 0 Å². The van der Waals surface area contributed by atoms with Crippen LogP contribution in [0, 0.1) is 5.41 Å². The van der Waals surface area contributed by atoms with Crippen molar-refractivity contribution in [3.05, 3.63) is 70.9 Å². The number of ether oxygens (including phenoxy) is 1. The summed E-state index contributed by atoms with van der Waals surface area (Å²) in [6.45, 7) is 5.48. The van der Waals surface area contributed by atoms with Gasteiger partial charge in [-0.2, -0.15) is 0 Å². The van der Waals surface area contributed by atoms with Crippen molar-refractivity contribution < 1.29 is 9.53 Å². The van der Waals surface area contributed by atoms with Gasteiger partial charge in [-0.1, -0.05) is 55.8 Å². The van der Waals surface area contributed by atoms with Crippen LogP contribution >= 0.6 is 0 Å². The van der Waals surface area contributed by atoms with E-state index in [1.165, 1.54) is 22.3 Å². The van der Waals surface area contributed by atoms with Crippen molar-refractivity contribution in [2.45, 2.75) is 45.4 Å². The second kappa shape index (κ2) is 8.46. The van der Waals surface area contributed by atoms with E-state index in [0.29, 0.717) is 11.5 Å². The molecule has 0 radical (unpaired) electrons. The Morgan fingerprint density at radius 1 is 1.15 bits per heavy atom. The number of anilines is 1. The number of carbonyl (C=O) groups excluding carboxylic acids is 1. The van der Waals surface area contributed by atoms with Crippen LogP contribution in [0.15, 0.2) is 54.2 Å². The van der Waals surface area contributed by atoms with Gasteiger partial charge in [-0.15, -0.1) is 0 Å². The maximum atomic E-state index is 12.1. The van der Waals surface area contributed by atoms with Gasteiger partial charge in [0.1, 0.15) is 5.75 Å². The molecule has 176 valence electrons. The van der Waals surface area contributed by atoms with E-state index < -0.39 is 5.91 Å². The number of carbonyl (C=O) groups is 1. The molecule has 0 spiro atoms. The van der Waals surface area contributed by atoms with Crippen LogP contribution < -0.4 is 15.4 Å². The molecule has 2 aliphatic rings. The largest absolute Gasteiger partial charge is 0.493 e. The Labute approximate surface area is 201 Å². The molecule has 1 unspecified atom stereocenters. The molecule has 34 heavy (non-hydrogen) atoms. The lowest BCUT2D eigenvalue weighted by Gasteiger charge is -2.39. The SMILES string of the molecule is CN(C)c1c(C(N)=O)cnc2c(C3=C(C4CCOc5ccccc54)CC(C)(C)CC3)cccc12. The third-order valence-corrected chi connectivity index (χ3v) is 7.39. The Bertz CT molecular complexity index is 1310. The summed E-state index contributed by atoms with van der Waals surface area (Å²) < 4.78 is 6.00. The number of aromatic nitrogens is 1. The number of primary amides is 1. The van der Waals surface area contributed by atoms with Gasteiger partial charge in [0.15, 0.2) is 0 Å². The molecule has 2 N–H and O–H groups in total. The molecular weight excluding hydrogens is 422 g/mol. The van der Waals surface area contributed by atoms with E-state index in [9.17, 15) is 4.79 Å². The lowest BCUT2D eigenvalue weighted by atomic mass is 9.67. The number of benzene rings is 2. The van der Waals surface area contributed by atoms with Crippen molar-refractivity contribution >= 4 is 28.1 Å². The van der Waals surface area contributed by atoms with Crippen molar-refractivity contribution in [1.82, 2.24) is 4.98 Å². The Hall–Kier alpha value is -3.34. The molecule has 2 aromatic carbocycles. The van der Waals surface area contributed by atoms with Crippen molar-refractivity contribution in [2.24, 2.45) is 11.1 Å². The maximum Gasteiger partial charge on any atom is 0.252 e. The van der Waals surface area contributed by atoms with Crippen molar-refractivity contribution in [2.75, 3.05) is 25.6 Å². The fourth-order valence-electron chi connectivity index (χ4n) is 5.79. The van der Waals surface area contributed by atoms with E-state index in [4.69, 9.17) is 15.5 Å². The number of para-hydroxylation sites is 2. The number of fused-ring (bicyclic) bond motifs is 2. The number of pyridine rings is 1. The summed E-state index contributed by atoms with van der Waals surface area (Å²) in [5, 5.41) is 0.961. The Morgan fingerprint density at radius 3 is 2.71 bits per heavy atom. The van der Waals surface area contributed by atoms with Gasteiger partial charge in [0.25, 0.3) is 5.91 Å². The average molecular weight is 456 g/mol. The molecule has 5 heteroatoms. The molecule has 2 heterocycles. The number of amides is 1. The van der Waals surface area contributed by atoms with Gasteiger partial charge in [0.05, 0.1) is 23.4 Å². The van der Waals surface area contributed by atoms with E-state index in [2.05, 4.69) is 50.2 Å². The van der Waals surface area contributed by atoms with Gasteiger partial charge in [0, 0.05) is 42.7 Å². The quantitative estimate of drug-likeness (QED) is 0.529. The van der Waals surface area contributed by atoms with E-state index in [-0.39, 0.29) is 5.41 Å². The number of hydrogen-bond acceptors (Lipinski definition) is 4. The maximum absolute atomic E-state index is 12.1. The lowest BCUT2D eigenvalue weighted by molar-refractivity contribution is 0.100. The van der Waals surface area contributed by atoms with Crippen LogP contribution in [0.5, 0.6) is 5.75 Å². The van der Waals surface area contributed by atoms with E-state index in [1.54, 1.807) is 6.20 Å². The summed E-state index contributed by atoms with van der Waals surface area (Å²) in [5.74, 6) is 0.889. The fraction of sp³-hybridized carbons (Fsp3) is 0.379. The summed E-state index contributed by atoms with van der Waals surface area (Å²) in [5.41, 5.74) is 13.5. The summed E-state index contributed by atoms with van der Waals surface area (Å²) >= 11 is 0. The zero-order valence-electron chi connectivity index (χ0n) is 20.5. The van der Waals surface area contributed by atoms with Crippen LogP contribution in [0.1, 0.15) is 66.9 Å². The first kappa shape index (κ1) is 22.5. The highest BCUT2D eigenvalue weighted by Crippen LogP contribution is 2.51. The molecule has 1 aliphatic heterocycles. The monoisotopic (exact) mass is 455 g/mol. The highest BCUT2D eigenvalue weighted by molar-refractivity contribution is 6.08. The van der Waals surface area contributed by atoms with Gasteiger partial charge in [0.2, 0.25) is 0 Å². The molecule has 0 saturated carbocycles. The van der Waals surface area contributed by atoms with E-state index in [1.807, 2.05) is 25.1 Å². The van der Waals surface area contributed by atoms with Gasteiger partial charge in [-0.05, 0) is 42.7 Å². The molecule has 1 aliphatic carbocycles. The van der Waals surface area contributed by atoms with Crippen LogP contribution in [0.3, 0.4) is 0 Å². The Kier molecular flexibility index (Phi) is 5.59. The van der Waals surface area contributed by atoms with Crippen LogP contribution in [0.25, 0.3) is 16.5 Å². The highest BCUT2D eigenvalue weighted by atomic mass is 16.5. The summed E-state index contributed by atoms with van der Waals surface area (Å²) in [7, 11) is 3.89. The van der Waals surface area contributed by atoms with Crippen LogP contribution in [0.4, 0.5) is 5.69 Å². The molecule has 3 aromatic rings. The molecule has 1 atom stereocenters. The van der Waals surface area contributed by atoms with Crippen molar-refractivity contribution in [3.8, 4) is 5.75 Å². The van der Waals surface area contributed by atoms with Crippen LogP contribution in [-0.2, 0) is 0 Å². The predicted octanol–water partition coefficient (Wildman–Crippen LogP) is 5.93. The zero-order chi connectivity index (χ0) is 24.0. The topological polar surface area (TPSA) is 68.5 Å². The predicted molar refractivity (Wildman–Crippen MR) is 138 cm³/mol. The molecule has 1 aromatic heterocycles. The minimum atomic E-state index is -0.457. The van der Waals surface area contributed by atoms with Crippen LogP contribution in [0.2, 0.25) is 0 Å². The highest BCUT2D eigenvalue weighted by Gasteiger charge is 2.35. The third-order valence-electron chi connectivity index (χ3n) is 7.39. The standard InChI is InChI=1S/C29H33N3O2/c1-29(2)14-12-18(23(16-29)19-13-15-34-25-11-6-5-8-20(19)25)21-9-7-10-22-26(21)31-17-24(28(30)33)27(22)32(3)4/h5-11,17,19H,12-16H2,1-4H3,(H2,30,33). The number of hydrogen-bond donors (Lipinski definition) is 1. The van der Waals surface area contributed by atoms with E-state index in [0.717, 1.165) is 54.6 Å². The fourth-order valence-corrected chi connectivity index (χ4v) is 5.79. The zero-order valence-corrected chi connectivity index (χ0v) is 20.5. The molecule has 0 saturated heterocycles. The summed E-state index contributed by atoms with van der Waals surface area (Å²) in [4.78, 5) is 18.9. The second-order valence-corrected chi connectivity index (χ2v) is 10.6. The second-order valence-electron chi connectivity index (χ2n) is 10.6. The molecule has 5 nitrogen and oxygen atoms in total. The first-order chi connectivity index (χ1) is 16.3. The molecule has 1 amide bonds.